The first-order valence-electron chi connectivity index (χ1n) is 11.7. The van der Waals surface area contributed by atoms with Crippen LogP contribution in [-0.2, 0) is 14.3 Å². The number of hydrogen-bond acceptors (Lipinski definition) is 5. The normalized spacial score (nSPS) is 25.7. The molecule has 3 amide bonds. The molecule has 0 aromatic heterocycles. The van der Waals surface area contributed by atoms with Crippen LogP contribution in [0.25, 0.3) is 0 Å². The first kappa shape index (κ1) is 27.4. The monoisotopic (exact) mass is 575 g/mol. The van der Waals surface area contributed by atoms with Gasteiger partial charge in [-0.2, -0.15) is 0 Å². The van der Waals surface area contributed by atoms with Gasteiger partial charge < -0.3 is 20.3 Å². The summed E-state index contributed by atoms with van der Waals surface area (Å²) in [6.45, 7) is 12.2. The summed E-state index contributed by atoms with van der Waals surface area (Å²) in [5.41, 5.74) is -0.535. The number of fused-ring (bicyclic) bond motifs is 5. The first-order chi connectivity index (χ1) is 15.2. The molecule has 4 unspecified atom stereocenters. The van der Waals surface area contributed by atoms with Crippen molar-refractivity contribution in [3.63, 3.8) is 0 Å². The van der Waals surface area contributed by atoms with E-state index in [2.05, 4.69) is 27.8 Å². The standard InChI is InChI=1S/C23H37N5O4.HI/c1-6-24-21(25-10-12-27(7-2)22(31)32-23(3,4)5)26-11-13-28-19(29)17-15-8-9-16(14-15)18(17)20(28)30;/h8-9,15-18H,6-7,10-14H2,1-5H3,(H2,24,25,26);1H. The number of halogens is 1. The van der Waals surface area contributed by atoms with E-state index in [-0.39, 0.29) is 65.6 Å². The van der Waals surface area contributed by atoms with Crippen molar-refractivity contribution in [2.45, 2.75) is 46.6 Å². The van der Waals surface area contributed by atoms with E-state index < -0.39 is 5.60 Å². The van der Waals surface area contributed by atoms with E-state index in [4.69, 9.17) is 4.74 Å². The van der Waals surface area contributed by atoms with Crippen molar-refractivity contribution in [2.75, 3.05) is 39.3 Å². The molecule has 2 aliphatic carbocycles. The number of nitrogens with zero attached hydrogens (tertiary/aromatic N) is 3. The number of nitrogens with one attached hydrogen (secondary N) is 2. The molecule has 2 fully saturated rings. The molecule has 1 saturated heterocycles. The number of aliphatic imine (C=N–C) groups is 1. The van der Waals surface area contributed by atoms with Crippen molar-refractivity contribution >= 4 is 47.8 Å². The molecule has 33 heavy (non-hydrogen) atoms. The Balaban J connectivity index is 0.00000385. The lowest BCUT2D eigenvalue weighted by Crippen LogP contribution is -2.44. The Morgan fingerprint density at radius 3 is 2.27 bits per heavy atom. The van der Waals surface area contributed by atoms with Crippen LogP contribution >= 0.6 is 24.0 Å². The number of ether oxygens (including phenoxy) is 1. The Labute approximate surface area is 213 Å². The van der Waals surface area contributed by atoms with Crippen LogP contribution in [0.5, 0.6) is 0 Å². The Morgan fingerprint density at radius 1 is 1.15 bits per heavy atom. The van der Waals surface area contributed by atoms with Crippen molar-refractivity contribution in [2.24, 2.45) is 28.7 Å². The molecule has 1 saturated carbocycles. The molecule has 2 bridgehead atoms. The van der Waals surface area contributed by atoms with Gasteiger partial charge in [0.05, 0.1) is 18.4 Å². The van der Waals surface area contributed by atoms with E-state index in [1.54, 1.807) is 4.90 Å². The third-order valence-corrected chi connectivity index (χ3v) is 6.21. The van der Waals surface area contributed by atoms with Crippen LogP contribution in [-0.4, -0.2) is 78.5 Å². The lowest BCUT2D eigenvalue weighted by Gasteiger charge is -2.26. The fourth-order valence-corrected chi connectivity index (χ4v) is 4.80. The minimum Gasteiger partial charge on any atom is -0.444 e. The molecule has 186 valence electrons. The van der Waals surface area contributed by atoms with Gasteiger partial charge in [0.1, 0.15) is 5.60 Å². The predicted octanol–water partition coefficient (Wildman–Crippen LogP) is 2.22. The van der Waals surface area contributed by atoms with Gasteiger partial charge in [-0.1, -0.05) is 12.2 Å². The molecule has 0 spiro atoms. The van der Waals surface area contributed by atoms with Crippen LogP contribution in [0.15, 0.2) is 17.1 Å². The number of rotatable bonds is 8. The highest BCUT2D eigenvalue weighted by Crippen LogP contribution is 2.52. The average molecular weight is 575 g/mol. The summed E-state index contributed by atoms with van der Waals surface area (Å²) in [4.78, 5) is 45.4. The van der Waals surface area contributed by atoms with E-state index in [9.17, 15) is 14.4 Å². The lowest BCUT2D eigenvalue weighted by atomic mass is 9.85. The number of carbonyl (C=O) groups is 3. The highest BCUT2D eigenvalue weighted by Gasteiger charge is 2.58. The van der Waals surface area contributed by atoms with Crippen LogP contribution in [0, 0.1) is 23.7 Å². The van der Waals surface area contributed by atoms with Gasteiger partial charge in [-0.3, -0.25) is 19.5 Å². The molecule has 1 aliphatic heterocycles. The van der Waals surface area contributed by atoms with Crippen LogP contribution in [0.2, 0.25) is 0 Å². The number of hydrogen-bond donors (Lipinski definition) is 2. The largest absolute Gasteiger partial charge is 0.444 e. The maximum atomic E-state index is 12.8. The summed E-state index contributed by atoms with van der Waals surface area (Å²) in [6, 6.07) is 0. The second-order valence-corrected chi connectivity index (χ2v) is 9.58. The van der Waals surface area contributed by atoms with Gasteiger partial charge in [0.2, 0.25) is 11.8 Å². The lowest BCUT2D eigenvalue weighted by molar-refractivity contribution is -0.140. The van der Waals surface area contributed by atoms with E-state index in [1.165, 1.54) is 4.90 Å². The zero-order valence-corrected chi connectivity index (χ0v) is 22.6. The zero-order chi connectivity index (χ0) is 23.5. The molecule has 0 aromatic carbocycles. The summed E-state index contributed by atoms with van der Waals surface area (Å²) < 4.78 is 5.43. The number of likely N-dealkylation sites (tertiary alicyclic amines) is 1. The predicted molar refractivity (Wildman–Crippen MR) is 137 cm³/mol. The molecule has 3 rings (SSSR count). The number of likely N-dealkylation sites (N-methyl/N-ethyl adjacent to an activating group) is 1. The van der Waals surface area contributed by atoms with Crippen LogP contribution in [0.1, 0.15) is 41.0 Å². The summed E-state index contributed by atoms with van der Waals surface area (Å²) in [5.74, 6) is 0.623. The first-order valence-corrected chi connectivity index (χ1v) is 11.7. The fraction of sp³-hybridized carbons (Fsp3) is 0.739. The second-order valence-electron chi connectivity index (χ2n) is 9.58. The SMILES string of the molecule is CCNC(=NCCN1C(=O)C2C3C=CC(C3)C2C1=O)NCCN(CC)C(=O)OC(C)(C)C.I. The van der Waals surface area contributed by atoms with Gasteiger partial charge in [-0.15, -0.1) is 24.0 Å². The zero-order valence-electron chi connectivity index (χ0n) is 20.3. The van der Waals surface area contributed by atoms with Crippen LogP contribution in [0.4, 0.5) is 4.79 Å². The number of allylic oxidation sites excluding steroid dienone is 2. The molecule has 1 heterocycles. The van der Waals surface area contributed by atoms with Gasteiger partial charge in [0.25, 0.3) is 0 Å². The van der Waals surface area contributed by atoms with E-state index >= 15 is 0 Å². The van der Waals surface area contributed by atoms with Crippen molar-refractivity contribution in [1.29, 1.82) is 0 Å². The molecular weight excluding hydrogens is 537 g/mol. The maximum Gasteiger partial charge on any atom is 0.410 e. The van der Waals surface area contributed by atoms with Crippen molar-refractivity contribution < 1.29 is 19.1 Å². The summed E-state index contributed by atoms with van der Waals surface area (Å²) in [6.07, 6.45) is 4.79. The molecule has 9 nitrogen and oxygen atoms in total. The minimum absolute atomic E-state index is 0. The van der Waals surface area contributed by atoms with E-state index in [0.717, 1.165) is 6.42 Å². The molecule has 3 aliphatic rings. The number of carbonyl (C=O) groups excluding carboxylic acids is 3. The third-order valence-electron chi connectivity index (χ3n) is 6.21. The Kier molecular flexibility index (Phi) is 9.57. The van der Waals surface area contributed by atoms with E-state index in [0.29, 0.717) is 45.2 Å². The fourth-order valence-electron chi connectivity index (χ4n) is 4.80. The summed E-state index contributed by atoms with van der Waals surface area (Å²) in [7, 11) is 0. The second kappa shape index (κ2) is 11.5. The Hall–Kier alpha value is -1.85. The quantitative estimate of drug-likeness (QED) is 0.151. The molecule has 0 radical (unpaired) electrons. The van der Waals surface area contributed by atoms with Gasteiger partial charge in [-0.25, -0.2) is 4.79 Å². The van der Waals surface area contributed by atoms with Gasteiger partial charge in [-0.05, 0) is 52.9 Å². The van der Waals surface area contributed by atoms with Gasteiger partial charge in [0, 0.05) is 32.7 Å². The third kappa shape index (κ3) is 6.39. The maximum absolute atomic E-state index is 12.8. The van der Waals surface area contributed by atoms with E-state index in [1.807, 2.05) is 34.6 Å². The smallest absolute Gasteiger partial charge is 0.410 e. The van der Waals surface area contributed by atoms with Crippen molar-refractivity contribution in [3.05, 3.63) is 12.2 Å². The van der Waals surface area contributed by atoms with Crippen LogP contribution < -0.4 is 10.6 Å². The summed E-state index contributed by atoms with van der Waals surface area (Å²) in [5, 5.41) is 6.37. The Bertz CT molecular complexity index is 764. The van der Waals surface area contributed by atoms with Crippen LogP contribution in [0.3, 0.4) is 0 Å². The molecular formula is C23H38IN5O4. The van der Waals surface area contributed by atoms with Gasteiger partial charge >= 0.3 is 6.09 Å². The highest BCUT2D eigenvalue weighted by molar-refractivity contribution is 14.0. The molecule has 2 N–H and O–H groups in total. The number of imide groups is 1. The molecule has 4 atom stereocenters. The van der Waals surface area contributed by atoms with Gasteiger partial charge in [0.15, 0.2) is 5.96 Å². The number of amides is 3. The average Bonchev–Trinajstić information content (AvgIpc) is 3.39. The van der Waals surface area contributed by atoms with Crippen molar-refractivity contribution in [1.82, 2.24) is 20.4 Å². The topological polar surface area (TPSA) is 103 Å². The summed E-state index contributed by atoms with van der Waals surface area (Å²) >= 11 is 0. The molecule has 10 heteroatoms. The molecule has 0 aromatic rings. The highest BCUT2D eigenvalue weighted by atomic mass is 127. The number of guanidine groups is 1. The Morgan fingerprint density at radius 2 is 1.76 bits per heavy atom. The minimum atomic E-state index is -0.535. The van der Waals surface area contributed by atoms with Crippen molar-refractivity contribution in [3.8, 4) is 0 Å².